The Balaban J connectivity index is 2.52. The maximum Gasteiger partial charge on any atom is 0.0332 e. The normalized spacial score (nSPS) is 12.9. The highest BCUT2D eigenvalue weighted by atomic mass is 32.2. The van der Waals surface area contributed by atoms with E-state index in [2.05, 4.69) is 48.4 Å². The molecule has 1 aromatic heterocycles. The first-order valence-corrected chi connectivity index (χ1v) is 7.59. The standard InChI is InChI=1S/C13H24N2S/c1-4-7-14-13(5-2)12-6-8-15(11-12)9-10-16-3/h6,8,11,13-14H,4-5,7,9-10H2,1-3H3. The van der Waals surface area contributed by atoms with E-state index in [0.717, 1.165) is 19.5 Å². The van der Waals surface area contributed by atoms with Gasteiger partial charge in [-0.15, -0.1) is 0 Å². The van der Waals surface area contributed by atoms with E-state index >= 15 is 0 Å². The van der Waals surface area contributed by atoms with Crippen molar-refractivity contribution in [1.82, 2.24) is 9.88 Å². The molecule has 0 radical (unpaired) electrons. The summed E-state index contributed by atoms with van der Waals surface area (Å²) in [4.78, 5) is 0. The molecule has 16 heavy (non-hydrogen) atoms. The summed E-state index contributed by atoms with van der Waals surface area (Å²) >= 11 is 1.90. The van der Waals surface area contributed by atoms with E-state index in [9.17, 15) is 0 Å². The maximum atomic E-state index is 3.59. The van der Waals surface area contributed by atoms with E-state index in [1.54, 1.807) is 0 Å². The third kappa shape index (κ3) is 4.22. The van der Waals surface area contributed by atoms with Crippen LogP contribution in [-0.4, -0.2) is 23.1 Å². The number of hydrogen-bond acceptors (Lipinski definition) is 2. The van der Waals surface area contributed by atoms with Crippen LogP contribution in [0.25, 0.3) is 0 Å². The fourth-order valence-electron chi connectivity index (χ4n) is 1.82. The molecule has 0 spiro atoms. The number of thioether (sulfide) groups is 1. The van der Waals surface area contributed by atoms with Gasteiger partial charge in [-0.1, -0.05) is 13.8 Å². The van der Waals surface area contributed by atoms with Crippen molar-refractivity contribution in [3.63, 3.8) is 0 Å². The smallest absolute Gasteiger partial charge is 0.0332 e. The summed E-state index contributed by atoms with van der Waals surface area (Å²) in [7, 11) is 0. The van der Waals surface area contributed by atoms with Gasteiger partial charge in [0.15, 0.2) is 0 Å². The van der Waals surface area contributed by atoms with E-state index in [1.807, 2.05) is 11.8 Å². The minimum Gasteiger partial charge on any atom is -0.353 e. The molecule has 1 unspecified atom stereocenters. The molecule has 0 aliphatic rings. The average molecular weight is 240 g/mol. The molecule has 1 rings (SSSR count). The molecule has 1 N–H and O–H groups in total. The van der Waals surface area contributed by atoms with Crippen molar-refractivity contribution >= 4 is 11.8 Å². The van der Waals surface area contributed by atoms with Crippen molar-refractivity contribution in [1.29, 1.82) is 0 Å². The lowest BCUT2D eigenvalue weighted by molar-refractivity contribution is 0.517. The van der Waals surface area contributed by atoms with E-state index in [0.29, 0.717) is 6.04 Å². The predicted molar refractivity (Wildman–Crippen MR) is 74.1 cm³/mol. The van der Waals surface area contributed by atoms with Gasteiger partial charge in [-0.2, -0.15) is 11.8 Å². The lowest BCUT2D eigenvalue weighted by Crippen LogP contribution is -2.21. The van der Waals surface area contributed by atoms with Crippen LogP contribution in [0.4, 0.5) is 0 Å². The first-order chi connectivity index (χ1) is 7.81. The molecule has 0 saturated carbocycles. The number of aryl methyl sites for hydroxylation is 1. The molecule has 0 aromatic carbocycles. The molecule has 0 aliphatic heterocycles. The zero-order valence-electron chi connectivity index (χ0n) is 10.7. The molecule has 1 aromatic rings. The monoisotopic (exact) mass is 240 g/mol. The zero-order chi connectivity index (χ0) is 11.8. The molecule has 0 fully saturated rings. The molecular formula is C13H24N2S. The lowest BCUT2D eigenvalue weighted by atomic mass is 10.1. The van der Waals surface area contributed by atoms with Crippen LogP contribution in [0.2, 0.25) is 0 Å². The van der Waals surface area contributed by atoms with Crippen LogP contribution >= 0.6 is 11.8 Å². The molecule has 92 valence electrons. The highest BCUT2D eigenvalue weighted by molar-refractivity contribution is 7.98. The minimum atomic E-state index is 0.524. The molecular weight excluding hydrogens is 216 g/mol. The van der Waals surface area contributed by atoms with Crippen molar-refractivity contribution in [2.24, 2.45) is 0 Å². The summed E-state index contributed by atoms with van der Waals surface area (Å²) in [5, 5.41) is 3.59. The Bertz CT molecular complexity index is 283. The highest BCUT2D eigenvalue weighted by Crippen LogP contribution is 2.17. The van der Waals surface area contributed by atoms with E-state index < -0.39 is 0 Å². The fraction of sp³-hybridized carbons (Fsp3) is 0.692. The van der Waals surface area contributed by atoms with Crippen molar-refractivity contribution in [3.8, 4) is 0 Å². The molecule has 2 nitrogen and oxygen atoms in total. The second-order valence-corrected chi connectivity index (χ2v) is 5.08. The van der Waals surface area contributed by atoms with Crippen LogP contribution in [0.1, 0.15) is 38.3 Å². The van der Waals surface area contributed by atoms with Crippen LogP contribution < -0.4 is 5.32 Å². The Labute approximate surface area is 104 Å². The van der Waals surface area contributed by atoms with Crippen LogP contribution in [0.3, 0.4) is 0 Å². The second-order valence-electron chi connectivity index (χ2n) is 4.09. The van der Waals surface area contributed by atoms with Crippen molar-refractivity contribution in [2.75, 3.05) is 18.6 Å². The van der Waals surface area contributed by atoms with Gasteiger partial charge >= 0.3 is 0 Å². The summed E-state index contributed by atoms with van der Waals surface area (Å²) < 4.78 is 2.29. The van der Waals surface area contributed by atoms with Crippen molar-refractivity contribution in [2.45, 2.75) is 39.3 Å². The summed E-state index contributed by atoms with van der Waals surface area (Å²) in [6.07, 6.45) is 8.99. The molecule has 0 bridgehead atoms. The van der Waals surface area contributed by atoms with E-state index in [1.165, 1.54) is 17.7 Å². The van der Waals surface area contributed by atoms with Crippen LogP contribution in [0, 0.1) is 0 Å². The zero-order valence-corrected chi connectivity index (χ0v) is 11.5. The van der Waals surface area contributed by atoms with Crippen LogP contribution in [0.5, 0.6) is 0 Å². The quantitative estimate of drug-likeness (QED) is 0.751. The number of nitrogens with zero attached hydrogens (tertiary/aromatic N) is 1. The third-order valence-corrected chi connectivity index (χ3v) is 3.37. The molecule has 0 amide bonds. The second kappa shape index (κ2) is 7.80. The molecule has 1 atom stereocenters. The average Bonchev–Trinajstić information content (AvgIpc) is 2.76. The number of nitrogens with one attached hydrogen (secondary N) is 1. The number of hydrogen-bond donors (Lipinski definition) is 1. The largest absolute Gasteiger partial charge is 0.353 e. The van der Waals surface area contributed by atoms with Gasteiger partial charge in [-0.05, 0) is 37.3 Å². The maximum absolute atomic E-state index is 3.59. The number of aromatic nitrogens is 1. The molecule has 0 aliphatic carbocycles. The van der Waals surface area contributed by atoms with E-state index in [4.69, 9.17) is 0 Å². The summed E-state index contributed by atoms with van der Waals surface area (Å²) in [6, 6.07) is 2.77. The van der Waals surface area contributed by atoms with Crippen molar-refractivity contribution in [3.05, 3.63) is 24.0 Å². The first-order valence-electron chi connectivity index (χ1n) is 6.19. The predicted octanol–water partition coefficient (Wildman–Crippen LogP) is 3.30. The topological polar surface area (TPSA) is 17.0 Å². The Morgan fingerprint density at radius 3 is 2.88 bits per heavy atom. The van der Waals surface area contributed by atoms with Gasteiger partial charge in [-0.3, -0.25) is 0 Å². The Kier molecular flexibility index (Phi) is 6.65. The lowest BCUT2D eigenvalue weighted by Gasteiger charge is -2.15. The molecule has 0 saturated heterocycles. The fourth-order valence-corrected chi connectivity index (χ4v) is 2.21. The van der Waals surface area contributed by atoms with Crippen LogP contribution in [0.15, 0.2) is 18.5 Å². The Hall–Kier alpha value is -0.410. The van der Waals surface area contributed by atoms with Gasteiger partial charge in [0.1, 0.15) is 0 Å². The summed E-state index contributed by atoms with van der Waals surface area (Å²) in [5.41, 5.74) is 1.43. The van der Waals surface area contributed by atoms with Gasteiger partial charge < -0.3 is 9.88 Å². The SMILES string of the molecule is CCCNC(CC)c1ccn(CCSC)c1. The van der Waals surface area contributed by atoms with Gasteiger partial charge in [0.25, 0.3) is 0 Å². The third-order valence-electron chi connectivity index (χ3n) is 2.78. The Morgan fingerprint density at radius 1 is 1.44 bits per heavy atom. The minimum absolute atomic E-state index is 0.524. The van der Waals surface area contributed by atoms with Crippen molar-refractivity contribution < 1.29 is 0 Å². The summed E-state index contributed by atoms with van der Waals surface area (Å²) in [6.45, 7) is 6.68. The van der Waals surface area contributed by atoms with Crippen LogP contribution in [-0.2, 0) is 6.54 Å². The highest BCUT2D eigenvalue weighted by Gasteiger charge is 2.08. The molecule has 3 heteroatoms. The summed E-state index contributed by atoms with van der Waals surface area (Å²) in [5.74, 6) is 1.19. The van der Waals surface area contributed by atoms with E-state index in [-0.39, 0.29) is 0 Å². The molecule has 1 heterocycles. The first kappa shape index (κ1) is 13.7. The van der Waals surface area contributed by atoms with Gasteiger partial charge in [0, 0.05) is 30.7 Å². The van der Waals surface area contributed by atoms with Gasteiger partial charge in [0.2, 0.25) is 0 Å². The van der Waals surface area contributed by atoms with Gasteiger partial charge in [-0.25, -0.2) is 0 Å². The number of rotatable bonds is 8. The Morgan fingerprint density at radius 2 is 2.25 bits per heavy atom. The van der Waals surface area contributed by atoms with Gasteiger partial charge in [0.05, 0.1) is 0 Å².